The summed E-state index contributed by atoms with van der Waals surface area (Å²) < 4.78 is 16.6. The molecule has 2 amide bonds. The largest absolute Gasteiger partial charge is 0.493 e. The van der Waals surface area contributed by atoms with Gasteiger partial charge in [0.25, 0.3) is 0 Å². The molecule has 2 aromatic carbocycles. The third-order valence-electron chi connectivity index (χ3n) is 4.83. The van der Waals surface area contributed by atoms with Crippen molar-refractivity contribution in [1.82, 2.24) is 10.6 Å². The molecule has 0 saturated heterocycles. The summed E-state index contributed by atoms with van der Waals surface area (Å²) in [7, 11) is 2.87. The van der Waals surface area contributed by atoms with Crippen molar-refractivity contribution in [3.05, 3.63) is 70.9 Å². The molecule has 1 atom stereocenters. The molecule has 1 aliphatic heterocycles. The van der Waals surface area contributed by atoms with Crippen LogP contribution in [0.15, 0.2) is 59.8 Å². The van der Waals surface area contributed by atoms with Gasteiger partial charge in [-0.05, 0) is 18.1 Å². The molecule has 1 unspecified atom stereocenters. The maximum Gasteiger partial charge on any atom is 0.337 e. The van der Waals surface area contributed by atoms with E-state index in [0.717, 1.165) is 12.0 Å². The van der Waals surface area contributed by atoms with Crippen LogP contribution in [0.2, 0.25) is 0 Å². The Morgan fingerprint density at radius 2 is 1.83 bits per heavy atom. The van der Waals surface area contributed by atoms with Gasteiger partial charge in [0.15, 0.2) is 11.5 Å². The minimum Gasteiger partial charge on any atom is -0.493 e. The first-order chi connectivity index (χ1) is 14.6. The van der Waals surface area contributed by atoms with E-state index in [4.69, 9.17) is 14.2 Å². The number of ether oxygens (including phenoxy) is 3. The summed E-state index contributed by atoms with van der Waals surface area (Å²) in [5.41, 5.74) is 2.51. The molecule has 1 heterocycles. The molecule has 3 rings (SSSR count). The van der Waals surface area contributed by atoms with E-state index in [2.05, 4.69) is 10.6 Å². The number of rotatable bonds is 8. The average molecular weight is 410 g/mol. The maximum absolute atomic E-state index is 12.6. The molecule has 7 heteroatoms. The van der Waals surface area contributed by atoms with Crippen LogP contribution in [0.1, 0.15) is 36.9 Å². The van der Waals surface area contributed by atoms with E-state index >= 15 is 0 Å². The van der Waals surface area contributed by atoms with E-state index in [9.17, 15) is 9.59 Å². The minimum absolute atomic E-state index is 0.312. The van der Waals surface area contributed by atoms with Crippen LogP contribution in [0.5, 0.6) is 11.5 Å². The summed E-state index contributed by atoms with van der Waals surface area (Å²) in [4.78, 5) is 25.0. The summed E-state index contributed by atoms with van der Waals surface area (Å²) in [6.07, 6.45) is 1.30. The number of methoxy groups -OCH3 is 2. The number of hydrogen-bond donors (Lipinski definition) is 2. The predicted molar refractivity (Wildman–Crippen MR) is 112 cm³/mol. The Morgan fingerprint density at radius 3 is 2.50 bits per heavy atom. The Labute approximate surface area is 176 Å². The van der Waals surface area contributed by atoms with Crippen LogP contribution in [0.4, 0.5) is 4.79 Å². The quantitative estimate of drug-likeness (QED) is 0.646. The van der Waals surface area contributed by atoms with Gasteiger partial charge in [-0.2, -0.15) is 0 Å². The smallest absolute Gasteiger partial charge is 0.337 e. The SMILES string of the molecule is CCCC1=C(C(=O)OC)C(c2cccc(OC)c2OCc2ccccc2)NC(=O)N1. The van der Waals surface area contributed by atoms with Crippen LogP contribution < -0.4 is 20.1 Å². The van der Waals surface area contributed by atoms with Crippen LogP contribution in [-0.4, -0.2) is 26.2 Å². The van der Waals surface area contributed by atoms with Crippen molar-refractivity contribution in [2.24, 2.45) is 0 Å². The van der Waals surface area contributed by atoms with E-state index in [0.29, 0.717) is 41.4 Å². The average Bonchev–Trinajstić information content (AvgIpc) is 2.77. The molecule has 0 aliphatic carbocycles. The molecule has 2 aromatic rings. The molecule has 0 spiro atoms. The van der Waals surface area contributed by atoms with Crippen molar-refractivity contribution in [1.29, 1.82) is 0 Å². The Kier molecular flexibility index (Phi) is 6.95. The molecule has 1 aliphatic rings. The van der Waals surface area contributed by atoms with Crippen molar-refractivity contribution < 1.29 is 23.8 Å². The number of carbonyl (C=O) groups is 2. The van der Waals surface area contributed by atoms with Crippen LogP contribution in [0.25, 0.3) is 0 Å². The first-order valence-corrected chi connectivity index (χ1v) is 9.81. The van der Waals surface area contributed by atoms with Gasteiger partial charge in [0, 0.05) is 11.3 Å². The molecule has 0 saturated carbocycles. The van der Waals surface area contributed by atoms with Crippen LogP contribution in [0.3, 0.4) is 0 Å². The second-order valence-electron chi connectivity index (χ2n) is 6.82. The Morgan fingerprint density at radius 1 is 1.07 bits per heavy atom. The maximum atomic E-state index is 12.6. The molecule has 158 valence electrons. The van der Waals surface area contributed by atoms with Gasteiger partial charge in [-0.25, -0.2) is 9.59 Å². The fourth-order valence-corrected chi connectivity index (χ4v) is 3.45. The van der Waals surface area contributed by atoms with E-state index in [-0.39, 0.29) is 6.03 Å². The summed E-state index contributed by atoms with van der Waals surface area (Å²) in [6.45, 7) is 2.29. The monoisotopic (exact) mass is 410 g/mol. The topological polar surface area (TPSA) is 85.9 Å². The fourth-order valence-electron chi connectivity index (χ4n) is 3.45. The predicted octanol–water partition coefficient (Wildman–Crippen LogP) is 3.86. The summed E-state index contributed by atoms with van der Waals surface area (Å²) >= 11 is 0. The molecule has 7 nitrogen and oxygen atoms in total. The third-order valence-corrected chi connectivity index (χ3v) is 4.83. The first-order valence-electron chi connectivity index (χ1n) is 9.81. The number of hydrogen-bond acceptors (Lipinski definition) is 5. The van der Waals surface area contributed by atoms with Gasteiger partial charge in [-0.3, -0.25) is 0 Å². The summed E-state index contributed by atoms with van der Waals surface area (Å²) in [5, 5.41) is 5.58. The molecule has 0 fully saturated rings. The standard InChI is InChI=1S/C23H26N2O5/c1-4-9-17-19(22(26)29-3)20(25-23(27)24-17)16-12-8-13-18(28-2)21(16)30-14-15-10-6-5-7-11-15/h5-8,10-13,20H,4,9,14H2,1-3H3,(H2,24,25,27). The first kappa shape index (κ1) is 21.2. The zero-order valence-electron chi connectivity index (χ0n) is 17.4. The molecule has 0 bridgehead atoms. The number of urea groups is 1. The molecule has 2 N–H and O–H groups in total. The lowest BCUT2D eigenvalue weighted by atomic mass is 9.93. The van der Waals surface area contributed by atoms with E-state index < -0.39 is 12.0 Å². The van der Waals surface area contributed by atoms with Gasteiger partial charge in [0.1, 0.15) is 6.61 Å². The zero-order valence-corrected chi connectivity index (χ0v) is 17.4. The highest BCUT2D eigenvalue weighted by Crippen LogP contribution is 2.40. The highest BCUT2D eigenvalue weighted by atomic mass is 16.5. The van der Waals surface area contributed by atoms with Crippen LogP contribution in [-0.2, 0) is 16.1 Å². The highest BCUT2D eigenvalue weighted by Gasteiger charge is 2.35. The number of benzene rings is 2. The van der Waals surface area contributed by atoms with Crippen molar-refractivity contribution in [2.45, 2.75) is 32.4 Å². The van der Waals surface area contributed by atoms with E-state index in [1.165, 1.54) is 7.11 Å². The van der Waals surface area contributed by atoms with Crippen molar-refractivity contribution >= 4 is 12.0 Å². The molecule has 0 aromatic heterocycles. The van der Waals surface area contributed by atoms with Crippen LogP contribution >= 0.6 is 0 Å². The molecule has 30 heavy (non-hydrogen) atoms. The molecular weight excluding hydrogens is 384 g/mol. The lowest BCUT2D eigenvalue weighted by molar-refractivity contribution is -0.136. The Hall–Kier alpha value is -3.48. The summed E-state index contributed by atoms with van der Waals surface area (Å²) in [5.74, 6) is 0.471. The Balaban J connectivity index is 2.06. The number of para-hydroxylation sites is 1. The number of amides is 2. The number of carbonyl (C=O) groups excluding carboxylic acids is 2. The van der Waals surface area contributed by atoms with E-state index in [1.54, 1.807) is 19.2 Å². The van der Waals surface area contributed by atoms with Crippen molar-refractivity contribution in [3.63, 3.8) is 0 Å². The number of allylic oxidation sites excluding steroid dienone is 1. The van der Waals surface area contributed by atoms with Crippen molar-refractivity contribution in [3.8, 4) is 11.5 Å². The minimum atomic E-state index is -0.728. The van der Waals surface area contributed by atoms with Gasteiger partial charge in [-0.15, -0.1) is 0 Å². The summed E-state index contributed by atoms with van der Waals surface area (Å²) in [6, 6.07) is 14.0. The second kappa shape index (κ2) is 9.82. The lowest BCUT2D eigenvalue weighted by Gasteiger charge is -2.30. The third kappa shape index (κ3) is 4.56. The van der Waals surface area contributed by atoms with Crippen molar-refractivity contribution in [2.75, 3.05) is 14.2 Å². The highest BCUT2D eigenvalue weighted by molar-refractivity contribution is 5.95. The molecule has 0 radical (unpaired) electrons. The van der Waals surface area contributed by atoms with Gasteiger partial charge in [-0.1, -0.05) is 55.8 Å². The van der Waals surface area contributed by atoms with Gasteiger partial charge >= 0.3 is 12.0 Å². The number of esters is 1. The Bertz CT molecular complexity index is 940. The van der Waals surface area contributed by atoms with Gasteiger partial charge in [0.05, 0.1) is 25.8 Å². The lowest BCUT2D eigenvalue weighted by Crippen LogP contribution is -2.46. The fraction of sp³-hybridized carbons (Fsp3) is 0.304. The van der Waals surface area contributed by atoms with Gasteiger partial charge < -0.3 is 24.8 Å². The number of nitrogens with one attached hydrogen (secondary N) is 2. The second-order valence-corrected chi connectivity index (χ2v) is 6.82. The zero-order chi connectivity index (χ0) is 21.5. The van der Waals surface area contributed by atoms with Gasteiger partial charge in [0.2, 0.25) is 0 Å². The van der Waals surface area contributed by atoms with Crippen LogP contribution in [0, 0.1) is 0 Å². The normalized spacial score (nSPS) is 15.8. The van der Waals surface area contributed by atoms with E-state index in [1.807, 2.05) is 43.3 Å². The molecular formula is C23H26N2O5.